The van der Waals surface area contributed by atoms with E-state index in [1.807, 2.05) is 30.5 Å². The van der Waals surface area contributed by atoms with Gasteiger partial charge in [0, 0.05) is 34.2 Å². The van der Waals surface area contributed by atoms with E-state index in [1.165, 1.54) is 0 Å². The molecule has 8 nitrogen and oxygen atoms in total. The number of ether oxygens (including phenoxy) is 2. The number of H-pyrrole nitrogens is 1. The standard InChI is InChI=1S/C22H21ClN4O4/c1-29-16-4-6-19(30-2)14(9-16)10-20-26-21(27-31-20)22(28)24-8-7-13-12-25-18-5-3-15(23)11-17(13)18/h3-6,9,11-12,25H,7-8,10H2,1-2H3,(H,24,28). The fraction of sp³-hybridized carbons (Fsp3) is 0.227. The van der Waals surface area contributed by atoms with Crippen LogP contribution in [0.4, 0.5) is 0 Å². The number of aromatic amines is 1. The maximum absolute atomic E-state index is 12.4. The number of aromatic nitrogens is 3. The highest BCUT2D eigenvalue weighted by atomic mass is 35.5. The maximum Gasteiger partial charge on any atom is 0.292 e. The predicted octanol–water partition coefficient (Wildman–Crippen LogP) is 3.78. The van der Waals surface area contributed by atoms with Crippen LogP contribution in [0.25, 0.3) is 10.9 Å². The summed E-state index contributed by atoms with van der Waals surface area (Å²) in [6.45, 7) is 0.423. The van der Waals surface area contributed by atoms with Gasteiger partial charge in [0.25, 0.3) is 11.7 Å². The molecular formula is C22H21ClN4O4. The van der Waals surface area contributed by atoms with E-state index in [4.69, 9.17) is 25.6 Å². The molecular weight excluding hydrogens is 420 g/mol. The lowest BCUT2D eigenvalue weighted by Gasteiger charge is -2.08. The number of hydrogen-bond donors (Lipinski definition) is 2. The lowest BCUT2D eigenvalue weighted by Crippen LogP contribution is -2.26. The topological polar surface area (TPSA) is 102 Å². The Bertz CT molecular complexity index is 1220. The number of nitrogens with one attached hydrogen (secondary N) is 2. The average Bonchev–Trinajstić information content (AvgIpc) is 3.40. The zero-order valence-corrected chi connectivity index (χ0v) is 17.8. The lowest BCUT2D eigenvalue weighted by molar-refractivity contribution is 0.0941. The molecule has 9 heteroatoms. The number of carbonyl (C=O) groups excluding carboxylic acids is 1. The van der Waals surface area contributed by atoms with Gasteiger partial charge in [-0.15, -0.1) is 0 Å². The second-order valence-electron chi connectivity index (χ2n) is 6.88. The van der Waals surface area contributed by atoms with Gasteiger partial charge in [0.1, 0.15) is 11.5 Å². The zero-order valence-electron chi connectivity index (χ0n) is 17.1. The Morgan fingerprint density at radius 2 is 2.03 bits per heavy atom. The number of fused-ring (bicyclic) bond motifs is 1. The second kappa shape index (κ2) is 9.09. The SMILES string of the molecule is COc1ccc(OC)c(Cc2nc(C(=O)NCCc3c[nH]c4ccc(Cl)cc34)no2)c1. The number of hydrogen-bond acceptors (Lipinski definition) is 6. The van der Waals surface area contributed by atoms with Crippen LogP contribution in [0.2, 0.25) is 5.02 Å². The number of nitrogens with zero attached hydrogens (tertiary/aromatic N) is 2. The molecule has 0 bridgehead atoms. The molecule has 2 aromatic carbocycles. The normalized spacial score (nSPS) is 10.9. The van der Waals surface area contributed by atoms with Crippen molar-refractivity contribution in [3.8, 4) is 11.5 Å². The van der Waals surface area contributed by atoms with Crippen molar-refractivity contribution >= 4 is 28.4 Å². The van der Waals surface area contributed by atoms with E-state index in [1.54, 1.807) is 26.4 Å². The van der Waals surface area contributed by atoms with Crippen LogP contribution in [-0.2, 0) is 12.8 Å². The highest BCUT2D eigenvalue weighted by Crippen LogP contribution is 2.26. The van der Waals surface area contributed by atoms with E-state index in [0.29, 0.717) is 41.8 Å². The van der Waals surface area contributed by atoms with E-state index in [-0.39, 0.29) is 5.82 Å². The van der Waals surface area contributed by atoms with Gasteiger partial charge in [0.15, 0.2) is 0 Å². The van der Waals surface area contributed by atoms with Gasteiger partial charge in [-0.3, -0.25) is 4.79 Å². The molecule has 0 saturated heterocycles. The summed E-state index contributed by atoms with van der Waals surface area (Å²) in [6.07, 6.45) is 2.87. The largest absolute Gasteiger partial charge is 0.497 e. The van der Waals surface area contributed by atoms with Crippen LogP contribution in [0.15, 0.2) is 47.1 Å². The Morgan fingerprint density at radius 1 is 1.16 bits per heavy atom. The van der Waals surface area contributed by atoms with E-state index in [2.05, 4.69) is 20.4 Å². The summed E-state index contributed by atoms with van der Waals surface area (Å²) in [5.74, 6) is 1.25. The Hall–Kier alpha value is -3.52. The molecule has 0 aliphatic heterocycles. The zero-order chi connectivity index (χ0) is 21.8. The molecule has 0 spiro atoms. The van der Waals surface area contributed by atoms with Crippen LogP contribution >= 0.6 is 11.6 Å². The minimum Gasteiger partial charge on any atom is -0.497 e. The van der Waals surface area contributed by atoms with Crippen LogP contribution in [0.3, 0.4) is 0 Å². The first-order chi connectivity index (χ1) is 15.1. The molecule has 0 radical (unpaired) electrons. The van der Waals surface area contributed by atoms with Crippen LogP contribution in [0.1, 0.15) is 27.6 Å². The monoisotopic (exact) mass is 440 g/mol. The molecule has 2 aromatic heterocycles. The molecule has 1 amide bonds. The maximum atomic E-state index is 12.4. The molecule has 0 aliphatic rings. The summed E-state index contributed by atoms with van der Waals surface area (Å²) in [5.41, 5.74) is 2.88. The Morgan fingerprint density at radius 3 is 2.84 bits per heavy atom. The van der Waals surface area contributed by atoms with E-state index >= 15 is 0 Å². The first-order valence-electron chi connectivity index (χ1n) is 9.64. The third-order valence-corrected chi connectivity index (χ3v) is 5.14. The summed E-state index contributed by atoms with van der Waals surface area (Å²) >= 11 is 6.08. The third kappa shape index (κ3) is 4.64. The minimum absolute atomic E-state index is 0.0150. The van der Waals surface area contributed by atoms with E-state index < -0.39 is 5.91 Å². The highest BCUT2D eigenvalue weighted by molar-refractivity contribution is 6.31. The number of carbonyl (C=O) groups is 1. The van der Waals surface area contributed by atoms with Gasteiger partial charge in [0.05, 0.1) is 20.6 Å². The average molecular weight is 441 g/mol. The number of rotatable bonds is 8. The fourth-order valence-electron chi connectivity index (χ4n) is 3.35. The molecule has 160 valence electrons. The summed E-state index contributed by atoms with van der Waals surface area (Å²) in [5, 5.41) is 8.32. The van der Waals surface area contributed by atoms with Gasteiger partial charge in [-0.1, -0.05) is 16.8 Å². The molecule has 0 unspecified atom stereocenters. The van der Waals surface area contributed by atoms with Crippen molar-refractivity contribution in [2.24, 2.45) is 0 Å². The number of benzene rings is 2. The molecule has 0 atom stereocenters. The third-order valence-electron chi connectivity index (χ3n) is 4.91. The van der Waals surface area contributed by atoms with Gasteiger partial charge < -0.3 is 24.3 Å². The van der Waals surface area contributed by atoms with Crippen LogP contribution < -0.4 is 14.8 Å². The molecule has 2 heterocycles. The number of halogens is 1. The molecule has 31 heavy (non-hydrogen) atoms. The van der Waals surface area contributed by atoms with Gasteiger partial charge in [-0.2, -0.15) is 4.98 Å². The minimum atomic E-state index is -0.398. The Labute approximate surface area is 183 Å². The van der Waals surface area contributed by atoms with Crippen LogP contribution in [0.5, 0.6) is 11.5 Å². The summed E-state index contributed by atoms with van der Waals surface area (Å²) < 4.78 is 15.9. The Balaban J connectivity index is 1.38. The van der Waals surface area contributed by atoms with Crippen molar-refractivity contribution in [2.75, 3.05) is 20.8 Å². The van der Waals surface area contributed by atoms with Gasteiger partial charge in [-0.05, 0) is 48.4 Å². The summed E-state index contributed by atoms with van der Waals surface area (Å²) in [4.78, 5) is 19.8. The summed E-state index contributed by atoms with van der Waals surface area (Å²) in [7, 11) is 3.17. The number of methoxy groups -OCH3 is 2. The first-order valence-corrected chi connectivity index (χ1v) is 10.0. The highest BCUT2D eigenvalue weighted by Gasteiger charge is 2.16. The van der Waals surface area contributed by atoms with Crippen molar-refractivity contribution in [1.82, 2.24) is 20.4 Å². The van der Waals surface area contributed by atoms with E-state index in [0.717, 1.165) is 22.0 Å². The molecule has 2 N–H and O–H groups in total. The van der Waals surface area contributed by atoms with Crippen molar-refractivity contribution in [2.45, 2.75) is 12.8 Å². The van der Waals surface area contributed by atoms with Gasteiger partial charge in [0.2, 0.25) is 5.89 Å². The molecule has 4 rings (SSSR count). The molecule has 0 saturated carbocycles. The van der Waals surface area contributed by atoms with Gasteiger partial charge in [-0.25, -0.2) is 0 Å². The lowest BCUT2D eigenvalue weighted by atomic mass is 10.1. The first kappa shape index (κ1) is 20.7. The smallest absolute Gasteiger partial charge is 0.292 e. The predicted molar refractivity (Wildman–Crippen MR) is 116 cm³/mol. The molecule has 0 aliphatic carbocycles. The molecule has 4 aromatic rings. The van der Waals surface area contributed by atoms with Crippen LogP contribution in [0, 0.1) is 0 Å². The van der Waals surface area contributed by atoms with Gasteiger partial charge >= 0.3 is 0 Å². The quantitative estimate of drug-likeness (QED) is 0.432. The molecule has 0 fully saturated rings. The van der Waals surface area contributed by atoms with Crippen molar-refractivity contribution < 1.29 is 18.8 Å². The van der Waals surface area contributed by atoms with Crippen molar-refractivity contribution in [3.63, 3.8) is 0 Å². The number of amides is 1. The fourth-order valence-corrected chi connectivity index (χ4v) is 3.52. The van der Waals surface area contributed by atoms with Crippen LogP contribution in [-0.4, -0.2) is 41.8 Å². The van der Waals surface area contributed by atoms with Crippen molar-refractivity contribution in [1.29, 1.82) is 0 Å². The second-order valence-corrected chi connectivity index (χ2v) is 7.31. The van der Waals surface area contributed by atoms with Crippen molar-refractivity contribution in [3.05, 3.63) is 70.5 Å². The van der Waals surface area contributed by atoms with E-state index in [9.17, 15) is 4.79 Å². The summed E-state index contributed by atoms with van der Waals surface area (Å²) in [6, 6.07) is 11.1. The Kier molecular flexibility index (Phi) is 6.08.